The van der Waals surface area contributed by atoms with Crippen molar-refractivity contribution in [1.29, 1.82) is 0 Å². The average molecular weight is 357 g/mol. The van der Waals surface area contributed by atoms with Crippen molar-refractivity contribution in [3.8, 4) is 0 Å². The quantitative estimate of drug-likeness (QED) is 0.852. The van der Waals surface area contributed by atoms with E-state index in [-0.39, 0.29) is 13.2 Å². The standard InChI is InChI=1S/C14H17BrN2O4/c1-8-5-10(15)6-9(2)12(8)16-14(20)17-3-4-21-7-11(17)13(18)19/h5-6,11H,3-4,7H2,1-2H3,(H,16,20)(H,18,19). The van der Waals surface area contributed by atoms with E-state index in [1.54, 1.807) is 0 Å². The van der Waals surface area contributed by atoms with Gasteiger partial charge in [0.15, 0.2) is 6.04 Å². The number of carbonyl (C=O) groups is 2. The largest absolute Gasteiger partial charge is 0.480 e. The van der Waals surface area contributed by atoms with Gasteiger partial charge >= 0.3 is 12.0 Å². The van der Waals surface area contributed by atoms with Crippen LogP contribution in [-0.4, -0.2) is 47.8 Å². The molecular formula is C14H17BrN2O4. The zero-order valence-corrected chi connectivity index (χ0v) is 13.4. The molecule has 2 rings (SSSR count). The second-order valence-corrected chi connectivity index (χ2v) is 5.88. The van der Waals surface area contributed by atoms with E-state index in [1.165, 1.54) is 4.90 Å². The number of anilines is 1. The predicted molar refractivity (Wildman–Crippen MR) is 81.6 cm³/mol. The van der Waals surface area contributed by atoms with Crippen molar-refractivity contribution in [2.45, 2.75) is 19.9 Å². The first kappa shape index (κ1) is 15.8. The van der Waals surface area contributed by atoms with Gasteiger partial charge in [-0.15, -0.1) is 0 Å². The van der Waals surface area contributed by atoms with Crippen molar-refractivity contribution in [2.75, 3.05) is 25.1 Å². The molecule has 2 N–H and O–H groups in total. The monoisotopic (exact) mass is 356 g/mol. The third kappa shape index (κ3) is 3.54. The molecule has 0 bridgehead atoms. The molecule has 7 heteroatoms. The fourth-order valence-corrected chi connectivity index (χ4v) is 3.02. The molecule has 1 aromatic rings. The first-order valence-electron chi connectivity index (χ1n) is 6.55. The molecule has 1 fully saturated rings. The van der Waals surface area contributed by atoms with Crippen LogP contribution in [0.1, 0.15) is 11.1 Å². The molecule has 1 aliphatic rings. The summed E-state index contributed by atoms with van der Waals surface area (Å²) in [6.45, 7) is 4.40. The van der Waals surface area contributed by atoms with Crippen molar-refractivity contribution in [1.82, 2.24) is 4.90 Å². The van der Waals surface area contributed by atoms with E-state index < -0.39 is 18.0 Å². The summed E-state index contributed by atoms with van der Waals surface area (Å²) >= 11 is 3.40. The van der Waals surface area contributed by atoms with E-state index in [1.807, 2.05) is 26.0 Å². The molecule has 6 nitrogen and oxygen atoms in total. The van der Waals surface area contributed by atoms with Gasteiger partial charge in [0.25, 0.3) is 0 Å². The molecule has 1 heterocycles. The first-order valence-corrected chi connectivity index (χ1v) is 7.34. The number of morpholine rings is 1. The number of carboxylic acid groups (broad SMARTS) is 1. The SMILES string of the molecule is Cc1cc(Br)cc(C)c1NC(=O)N1CCOCC1C(=O)O. The number of aryl methyl sites for hydroxylation is 2. The van der Waals surface area contributed by atoms with Gasteiger partial charge in [-0.25, -0.2) is 9.59 Å². The fourth-order valence-electron chi connectivity index (χ4n) is 2.34. The van der Waals surface area contributed by atoms with Crippen molar-refractivity contribution in [3.05, 3.63) is 27.7 Å². The second-order valence-electron chi connectivity index (χ2n) is 4.97. The normalized spacial score (nSPS) is 18.4. The topological polar surface area (TPSA) is 78.9 Å². The number of carbonyl (C=O) groups excluding carboxylic acids is 1. The summed E-state index contributed by atoms with van der Waals surface area (Å²) in [7, 11) is 0. The molecule has 0 aliphatic carbocycles. The highest BCUT2D eigenvalue weighted by Gasteiger charge is 2.33. The summed E-state index contributed by atoms with van der Waals surface area (Å²) in [5.41, 5.74) is 2.53. The predicted octanol–water partition coefficient (Wildman–Crippen LogP) is 2.38. The average Bonchev–Trinajstić information content (AvgIpc) is 2.42. The molecule has 0 aromatic heterocycles. The van der Waals surface area contributed by atoms with Gasteiger partial charge in [0.1, 0.15) is 0 Å². The van der Waals surface area contributed by atoms with Gasteiger partial charge in [0, 0.05) is 16.7 Å². The molecule has 2 amide bonds. The Balaban J connectivity index is 2.19. The van der Waals surface area contributed by atoms with Gasteiger partial charge in [0.05, 0.1) is 13.2 Å². The highest BCUT2D eigenvalue weighted by atomic mass is 79.9. The molecule has 1 atom stereocenters. The van der Waals surface area contributed by atoms with Gasteiger partial charge in [-0.3, -0.25) is 0 Å². The second kappa shape index (κ2) is 6.44. The Morgan fingerprint density at radius 1 is 1.38 bits per heavy atom. The summed E-state index contributed by atoms with van der Waals surface area (Å²) < 4.78 is 6.06. The molecule has 114 valence electrons. The first-order chi connectivity index (χ1) is 9.90. The van der Waals surface area contributed by atoms with Crippen LogP contribution < -0.4 is 5.32 Å². The summed E-state index contributed by atoms with van der Waals surface area (Å²) in [4.78, 5) is 24.8. The van der Waals surface area contributed by atoms with Crippen LogP contribution in [0.5, 0.6) is 0 Å². The summed E-state index contributed by atoms with van der Waals surface area (Å²) in [6.07, 6.45) is 0. The van der Waals surface area contributed by atoms with Gasteiger partial charge in [0.2, 0.25) is 0 Å². The number of carboxylic acids is 1. The number of halogens is 1. The smallest absolute Gasteiger partial charge is 0.328 e. The molecule has 0 saturated carbocycles. The minimum Gasteiger partial charge on any atom is -0.480 e. The maximum atomic E-state index is 12.4. The van der Waals surface area contributed by atoms with Gasteiger partial charge in [-0.2, -0.15) is 0 Å². The molecular weight excluding hydrogens is 340 g/mol. The van der Waals surface area contributed by atoms with Crippen LogP contribution in [0.25, 0.3) is 0 Å². The van der Waals surface area contributed by atoms with Crippen molar-refractivity contribution in [2.24, 2.45) is 0 Å². The Hall–Kier alpha value is -1.60. The van der Waals surface area contributed by atoms with Crippen LogP contribution in [0.3, 0.4) is 0 Å². The lowest BCUT2D eigenvalue weighted by molar-refractivity contribution is -0.147. The number of hydrogen-bond acceptors (Lipinski definition) is 3. The van der Waals surface area contributed by atoms with Gasteiger partial charge in [-0.1, -0.05) is 15.9 Å². The highest BCUT2D eigenvalue weighted by Crippen LogP contribution is 2.25. The van der Waals surface area contributed by atoms with Crippen molar-refractivity contribution < 1.29 is 19.4 Å². The van der Waals surface area contributed by atoms with Crippen LogP contribution >= 0.6 is 15.9 Å². The molecule has 0 radical (unpaired) electrons. The third-order valence-corrected chi connectivity index (χ3v) is 3.86. The number of nitrogens with zero attached hydrogens (tertiary/aromatic N) is 1. The lowest BCUT2D eigenvalue weighted by atomic mass is 10.1. The Morgan fingerprint density at radius 2 is 2.00 bits per heavy atom. The third-order valence-electron chi connectivity index (χ3n) is 3.40. The van der Waals surface area contributed by atoms with Crippen molar-refractivity contribution in [3.63, 3.8) is 0 Å². The molecule has 1 aliphatic heterocycles. The van der Waals surface area contributed by atoms with Crippen LogP contribution in [-0.2, 0) is 9.53 Å². The number of urea groups is 1. The van der Waals surface area contributed by atoms with E-state index in [4.69, 9.17) is 9.84 Å². The van der Waals surface area contributed by atoms with E-state index in [0.29, 0.717) is 12.3 Å². The number of rotatable bonds is 2. The number of hydrogen-bond donors (Lipinski definition) is 2. The number of amides is 2. The van der Waals surface area contributed by atoms with E-state index in [9.17, 15) is 9.59 Å². The lowest BCUT2D eigenvalue weighted by Crippen LogP contribution is -2.54. The number of benzene rings is 1. The van der Waals surface area contributed by atoms with Gasteiger partial charge < -0.3 is 20.1 Å². The van der Waals surface area contributed by atoms with Gasteiger partial charge in [-0.05, 0) is 37.1 Å². The minimum absolute atomic E-state index is 0.0149. The zero-order chi connectivity index (χ0) is 15.6. The van der Waals surface area contributed by atoms with Crippen molar-refractivity contribution >= 4 is 33.6 Å². The fraction of sp³-hybridized carbons (Fsp3) is 0.429. The maximum absolute atomic E-state index is 12.4. The van der Waals surface area contributed by atoms with Crippen LogP contribution in [0.2, 0.25) is 0 Å². The molecule has 21 heavy (non-hydrogen) atoms. The Bertz CT molecular complexity index is 553. The number of aliphatic carboxylic acids is 1. The Kier molecular flexibility index (Phi) is 4.84. The van der Waals surface area contributed by atoms with Crippen LogP contribution in [0.4, 0.5) is 10.5 Å². The van der Waals surface area contributed by atoms with Crippen LogP contribution in [0, 0.1) is 13.8 Å². The maximum Gasteiger partial charge on any atom is 0.328 e. The summed E-state index contributed by atoms with van der Waals surface area (Å²) in [6, 6.07) is 2.43. The molecule has 0 spiro atoms. The summed E-state index contributed by atoms with van der Waals surface area (Å²) in [5.74, 6) is -1.06. The number of ether oxygens (including phenoxy) is 1. The van der Waals surface area contributed by atoms with E-state index in [2.05, 4.69) is 21.2 Å². The Morgan fingerprint density at radius 3 is 2.57 bits per heavy atom. The van der Waals surface area contributed by atoms with Crippen LogP contribution in [0.15, 0.2) is 16.6 Å². The van der Waals surface area contributed by atoms with E-state index in [0.717, 1.165) is 15.6 Å². The molecule has 1 aromatic carbocycles. The highest BCUT2D eigenvalue weighted by molar-refractivity contribution is 9.10. The molecule has 1 saturated heterocycles. The Labute approximate surface area is 131 Å². The minimum atomic E-state index is -1.06. The van der Waals surface area contributed by atoms with E-state index >= 15 is 0 Å². The molecule has 1 unspecified atom stereocenters. The summed E-state index contributed by atoms with van der Waals surface area (Å²) in [5, 5.41) is 12.0. The lowest BCUT2D eigenvalue weighted by Gasteiger charge is -2.33. The number of nitrogens with one attached hydrogen (secondary N) is 1. The zero-order valence-electron chi connectivity index (χ0n) is 11.9.